The van der Waals surface area contributed by atoms with Crippen LogP contribution in [0.15, 0.2) is 42.7 Å². The summed E-state index contributed by atoms with van der Waals surface area (Å²) < 4.78 is 14.8. The molecule has 5 rings (SSSR count). The van der Waals surface area contributed by atoms with Crippen LogP contribution < -0.4 is 10.2 Å². The molecule has 0 amide bonds. The summed E-state index contributed by atoms with van der Waals surface area (Å²) in [6.45, 7) is 0. The molecular formula is C20H22FN7O. The van der Waals surface area contributed by atoms with Gasteiger partial charge in [-0.1, -0.05) is 0 Å². The fraction of sp³-hybridized carbons (Fsp3) is 0.400. The van der Waals surface area contributed by atoms with Gasteiger partial charge in [-0.3, -0.25) is 0 Å². The van der Waals surface area contributed by atoms with Crippen molar-refractivity contribution < 1.29 is 9.50 Å². The Morgan fingerprint density at radius 3 is 2.69 bits per heavy atom. The van der Waals surface area contributed by atoms with Crippen LogP contribution in [0.2, 0.25) is 0 Å². The molecular weight excluding hydrogens is 373 g/mol. The third kappa shape index (κ3) is 3.21. The topological polar surface area (TPSA) is 92.0 Å². The number of aromatic nitrogens is 5. The van der Waals surface area contributed by atoms with Gasteiger partial charge in [-0.15, -0.1) is 10.2 Å². The molecule has 150 valence electrons. The number of rotatable bonds is 4. The zero-order valence-electron chi connectivity index (χ0n) is 16.0. The van der Waals surface area contributed by atoms with E-state index in [1.54, 1.807) is 36.7 Å². The van der Waals surface area contributed by atoms with Crippen LogP contribution in [-0.2, 0) is 0 Å². The van der Waals surface area contributed by atoms with E-state index in [0.717, 1.165) is 19.3 Å². The lowest BCUT2D eigenvalue weighted by atomic mass is 9.96. The van der Waals surface area contributed by atoms with Gasteiger partial charge in [-0.25, -0.2) is 4.39 Å². The zero-order chi connectivity index (χ0) is 20.0. The quantitative estimate of drug-likeness (QED) is 0.699. The first-order valence-electron chi connectivity index (χ1n) is 9.77. The van der Waals surface area contributed by atoms with E-state index in [4.69, 9.17) is 0 Å². The Bertz CT molecular complexity index is 995. The van der Waals surface area contributed by atoms with Crippen molar-refractivity contribution in [2.24, 2.45) is 0 Å². The summed E-state index contributed by atoms with van der Waals surface area (Å²) in [7, 11) is 1.87. The Kier molecular flexibility index (Phi) is 4.39. The number of benzene rings is 1. The lowest BCUT2D eigenvalue weighted by Crippen LogP contribution is -2.55. The van der Waals surface area contributed by atoms with Crippen molar-refractivity contribution in [2.75, 3.05) is 11.9 Å². The second-order valence-corrected chi connectivity index (χ2v) is 7.70. The summed E-state index contributed by atoms with van der Waals surface area (Å²) >= 11 is 0. The normalized spacial score (nSPS) is 25.9. The Labute approximate surface area is 167 Å². The number of hydrogen-bond donors (Lipinski definition) is 2. The molecule has 2 saturated heterocycles. The second kappa shape index (κ2) is 7.07. The lowest BCUT2D eigenvalue weighted by molar-refractivity contribution is 0.176. The van der Waals surface area contributed by atoms with Crippen LogP contribution in [0.3, 0.4) is 0 Å². The number of nitrogens with one attached hydrogen (secondary N) is 1. The van der Waals surface area contributed by atoms with Crippen molar-refractivity contribution in [1.82, 2.24) is 30.5 Å². The van der Waals surface area contributed by atoms with Crippen molar-refractivity contribution in [3.63, 3.8) is 0 Å². The second-order valence-electron chi connectivity index (χ2n) is 7.70. The van der Waals surface area contributed by atoms with Crippen LogP contribution >= 0.6 is 0 Å². The first-order chi connectivity index (χ1) is 14.1. The van der Waals surface area contributed by atoms with Crippen molar-refractivity contribution >= 4 is 5.82 Å². The number of alkyl halides is 1. The van der Waals surface area contributed by atoms with Crippen LogP contribution in [-0.4, -0.2) is 61.6 Å². The fourth-order valence-electron chi connectivity index (χ4n) is 4.39. The maximum Gasteiger partial charge on any atom is 0.151 e. The number of aromatic hydroxyl groups is 1. The summed E-state index contributed by atoms with van der Waals surface area (Å²) in [5.41, 5.74) is 1.75. The van der Waals surface area contributed by atoms with Gasteiger partial charge in [-0.05, 0) is 43.5 Å². The SMILES string of the molecule is CN(c1ccc(-c2ccc(-n3nccn3)cc2O)nn1)[C@@H]1CC2CCC(N2)[C@@H]1F. The van der Waals surface area contributed by atoms with E-state index in [9.17, 15) is 9.50 Å². The minimum absolute atomic E-state index is 0.0619. The molecule has 9 heteroatoms. The van der Waals surface area contributed by atoms with E-state index < -0.39 is 6.17 Å². The number of anilines is 1. The Balaban J connectivity index is 1.36. The van der Waals surface area contributed by atoms with E-state index in [-0.39, 0.29) is 17.8 Å². The van der Waals surface area contributed by atoms with Gasteiger partial charge in [0.2, 0.25) is 0 Å². The molecule has 3 aromatic rings. The smallest absolute Gasteiger partial charge is 0.151 e. The number of fused-ring (bicyclic) bond motifs is 2. The molecule has 2 aliphatic heterocycles. The van der Waals surface area contributed by atoms with E-state index in [2.05, 4.69) is 25.7 Å². The lowest BCUT2D eigenvalue weighted by Gasteiger charge is -2.38. The maximum atomic E-state index is 14.8. The molecule has 2 aliphatic rings. The van der Waals surface area contributed by atoms with E-state index >= 15 is 0 Å². The van der Waals surface area contributed by atoms with Crippen LogP contribution in [0.4, 0.5) is 10.2 Å². The highest BCUT2D eigenvalue weighted by molar-refractivity contribution is 5.68. The van der Waals surface area contributed by atoms with Gasteiger partial charge in [0.15, 0.2) is 5.82 Å². The van der Waals surface area contributed by atoms with E-state index in [1.807, 2.05) is 18.0 Å². The highest BCUT2D eigenvalue weighted by atomic mass is 19.1. The number of phenolic OH excluding ortho intramolecular Hbond substituents is 1. The summed E-state index contributed by atoms with van der Waals surface area (Å²) in [5.74, 6) is 0.688. The summed E-state index contributed by atoms with van der Waals surface area (Å²) in [6.07, 6.45) is 4.91. The number of nitrogens with zero attached hydrogens (tertiary/aromatic N) is 6. The number of halogens is 1. The van der Waals surface area contributed by atoms with Crippen LogP contribution in [0.25, 0.3) is 16.9 Å². The van der Waals surface area contributed by atoms with Crippen LogP contribution in [0.5, 0.6) is 5.75 Å². The Morgan fingerprint density at radius 2 is 1.97 bits per heavy atom. The first kappa shape index (κ1) is 18.0. The van der Waals surface area contributed by atoms with Gasteiger partial charge in [-0.2, -0.15) is 15.0 Å². The largest absolute Gasteiger partial charge is 0.507 e. The summed E-state index contributed by atoms with van der Waals surface area (Å²) in [6, 6.07) is 8.86. The molecule has 2 fully saturated rings. The van der Waals surface area contributed by atoms with Crippen molar-refractivity contribution in [1.29, 1.82) is 0 Å². The molecule has 8 nitrogen and oxygen atoms in total. The molecule has 4 heterocycles. The molecule has 2 bridgehead atoms. The highest BCUT2D eigenvalue weighted by Crippen LogP contribution is 2.34. The Morgan fingerprint density at radius 1 is 1.14 bits per heavy atom. The molecule has 29 heavy (non-hydrogen) atoms. The monoisotopic (exact) mass is 395 g/mol. The average Bonchev–Trinajstić information content (AvgIpc) is 3.41. The van der Waals surface area contributed by atoms with Crippen molar-refractivity contribution in [2.45, 2.75) is 43.6 Å². The van der Waals surface area contributed by atoms with Gasteiger partial charge in [0, 0.05) is 30.8 Å². The first-order valence-corrected chi connectivity index (χ1v) is 9.77. The fourth-order valence-corrected chi connectivity index (χ4v) is 4.39. The predicted molar refractivity (Wildman–Crippen MR) is 106 cm³/mol. The number of phenols is 1. The van der Waals surface area contributed by atoms with Crippen LogP contribution in [0.1, 0.15) is 19.3 Å². The van der Waals surface area contributed by atoms with Crippen molar-refractivity contribution in [3.8, 4) is 22.7 Å². The van der Waals surface area contributed by atoms with E-state index in [1.165, 1.54) is 4.80 Å². The minimum Gasteiger partial charge on any atom is -0.507 e. The Hall–Kier alpha value is -3.07. The standard InChI is InChI=1S/C20H22FN7O/c1-27(17-10-12-2-5-16(24-12)20(17)21)19-7-6-15(25-26-19)14-4-3-13(11-18(14)29)28-22-8-9-23-28/h3-4,6-9,11-12,16-17,20,24,29H,2,5,10H2,1H3/t12?,16?,17-,20+/m1/s1. The molecule has 2 aromatic heterocycles. The third-order valence-corrected chi connectivity index (χ3v) is 5.97. The molecule has 2 N–H and O–H groups in total. The van der Waals surface area contributed by atoms with Gasteiger partial charge in [0.05, 0.1) is 29.8 Å². The molecule has 0 saturated carbocycles. The molecule has 0 spiro atoms. The summed E-state index contributed by atoms with van der Waals surface area (Å²) in [4.78, 5) is 3.31. The maximum absolute atomic E-state index is 14.8. The molecule has 0 radical (unpaired) electrons. The van der Waals surface area contributed by atoms with Crippen molar-refractivity contribution in [3.05, 3.63) is 42.7 Å². The summed E-state index contributed by atoms with van der Waals surface area (Å²) in [5, 5.41) is 30.4. The van der Waals surface area contributed by atoms with Gasteiger partial charge < -0.3 is 15.3 Å². The molecule has 2 unspecified atom stereocenters. The number of piperidine rings is 1. The average molecular weight is 395 g/mol. The minimum atomic E-state index is -0.923. The molecule has 1 aromatic carbocycles. The van der Waals surface area contributed by atoms with E-state index in [0.29, 0.717) is 28.8 Å². The van der Waals surface area contributed by atoms with Gasteiger partial charge in [0.1, 0.15) is 11.9 Å². The molecule has 0 aliphatic carbocycles. The third-order valence-electron chi connectivity index (χ3n) is 5.97. The number of hydrogen-bond acceptors (Lipinski definition) is 7. The van der Waals surface area contributed by atoms with Gasteiger partial charge in [0.25, 0.3) is 0 Å². The predicted octanol–water partition coefficient (Wildman–Crippen LogP) is 2.10. The van der Waals surface area contributed by atoms with Crippen LogP contribution in [0, 0.1) is 0 Å². The zero-order valence-corrected chi connectivity index (χ0v) is 16.0. The highest BCUT2D eigenvalue weighted by Gasteiger charge is 2.43. The van der Waals surface area contributed by atoms with Gasteiger partial charge >= 0.3 is 0 Å². The molecule has 4 atom stereocenters.